The molecule has 1 aliphatic rings. The summed E-state index contributed by atoms with van der Waals surface area (Å²) in [5.74, 6) is -1.74. The van der Waals surface area contributed by atoms with Crippen LogP contribution < -0.4 is 0 Å². The van der Waals surface area contributed by atoms with Gasteiger partial charge in [0.25, 0.3) is 0 Å². The van der Waals surface area contributed by atoms with E-state index in [1.54, 1.807) is 6.92 Å². The topological polar surface area (TPSA) is 63.6 Å². The van der Waals surface area contributed by atoms with Crippen LogP contribution in [0.1, 0.15) is 13.3 Å². The van der Waals surface area contributed by atoms with Gasteiger partial charge in [-0.05, 0) is 6.92 Å². The Kier molecular flexibility index (Phi) is 2.24. The largest absolute Gasteiger partial charge is 0.481 e. The Bertz CT molecular complexity index is 187. The second-order valence-electron chi connectivity index (χ2n) is 2.70. The van der Waals surface area contributed by atoms with Crippen molar-refractivity contribution in [3.8, 4) is 0 Å². The van der Waals surface area contributed by atoms with Crippen molar-refractivity contribution in [1.82, 2.24) is 0 Å². The first kappa shape index (κ1) is 8.20. The van der Waals surface area contributed by atoms with E-state index in [0.717, 1.165) is 0 Å². The van der Waals surface area contributed by atoms with Crippen LogP contribution in [0.4, 0.5) is 0 Å². The Morgan fingerprint density at radius 2 is 2.36 bits per heavy atom. The number of hydrogen-bond donors (Lipinski definition) is 1. The fraction of sp³-hybridized carbons (Fsp3) is 0.714. The molecule has 2 atom stereocenters. The van der Waals surface area contributed by atoms with E-state index in [2.05, 4.69) is 0 Å². The number of rotatable bonds is 1. The third-order valence-electron chi connectivity index (χ3n) is 1.84. The van der Waals surface area contributed by atoms with E-state index in [1.165, 1.54) is 0 Å². The summed E-state index contributed by atoms with van der Waals surface area (Å²) in [4.78, 5) is 21.2. The van der Waals surface area contributed by atoms with Crippen LogP contribution >= 0.6 is 0 Å². The molecule has 4 nitrogen and oxygen atoms in total. The summed E-state index contributed by atoms with van der Waals surface area (Å²) in [5.41, 5.74) is 0. The van der Waals surface area contributed by atoms with E-state index in [0.29, 0.717) is 0 Å². The SMILES string of the molecule is C[C@H]1OCC(=O)C[C@@H]1C(=O)O. The number of ether oxygens (including phenoxy) is 1. The summed E-state index contributed by atoms with van der Waals surface area (Å²) < 4.78 is 4.93. The molecule has 1 fully saturated rings. The highest BCUT2D eigenvalue weighted by atomic mass is 16.5. The number of carboxylic acids is 1. The summed E-state index contributed by atoms with van der Waals surface area (Å²) in [6.07, 6.45) is -0.235. The minimum absolute atomic E-state index is 0.0605. The predicted octanol–water partition coefficient (Wildman–Crippen LogP) is 0.0651. The highest BCUT2D eigenvalue weighted by molar-refractivity contribution is 5.86. The Morgan fingerprint density at radius 3 is 2.82 bits per heavy atom. The second kappa shape index (κ2) is 3.00. The molecule has 0 aliphatic carbocycles. The van der Waals surface area contributed by atoms with Gasteiger partial charge in [0.05, 0.1) is 12.0 Å². The first-order valence-corrected chi connectivity index (χ1v) is 3.47. The van der Waals surface area contributed by atoms with Crippen LogP contribution in [0.2, 0.25) is 0 Å². The van der Waals surface area contributed by atoms with Crippen molar-refractivity contribution >= 4 is 11.8 Å². The summed E-state index contributed by atoms with van der Waals surface area (Å²) in [6, 6.07) is 0. The lowest BCUT2D eigenvalue weighted by Crippen LogP contribution is -2.37. The van der Waals surface area contributed by atoms with Gasteiger partial charge in [-0.15, -0.1) is 0 Å². The molecule has 62 valence electrons. The van der Waals surface area contributed by atoms with Gasteiger partial charge in [-0.2, -0.15) is 0 Å². The zero-order valence-electron chi connectivity index (χ0n) is 6.24. The molecular weight excluding hydrogens is 148 g/mol. The van der Waals surface area contributed by atoms with Gasteiger partial charge in [0.2, 0.25) is 0 Å². The van der Waals surface area contributed by atoms with Crippen molar-refractivity contribution in [1.29, 1.82) is 0 Å². The van der Waals surface area contributed by atoms with Gasteiger partial charge in [0.1, 0.15) is 6.61 Å². The molecule has 0 bridgehead atoms. The van der Waals surface area contributed by atoms with E-state index in [9.17, 15) is 9.59 Å². The van der Waals surface area contributed by atoms with E-state index in [4.69, 9.17) is 9.84 Å². The van der Waals surface area contributed by atoms with Crippen LogP contribution in [-0.4, -0.2) is 29.6 Å². The molecule has 0 aromatic heterocycles. The molecule has 0 saturated carbocycles. The van der Waals surface area contributed by atoms with Gasteiger partial charge in [0.15, 0.2) is 5.78 Å². The van der Waals surface area contributed by atoms with Crippen molar-refractivity contribution < 1.29 is 19.4 Å². The second-order valence-corrected chi connectivity index (χ2v) is 2.70. The summed E-state index contributed by atoms with van der Waals surface area (Å²) >= 11 is 0. The van der Waals surface area contributed by atoms with Gasteiger partial charge in [-0.3, -0.25) is 9.59 Å². The third-order valence-corrected chi connectivity index (χ3v) is 1.84. The Morgan fingerprint density at radius 1 is 1.73 bits per heavy atom. The van der Waals surface area contributed by atoms with Gasteiger partial charge in [0, 0.05) is 6.42 Å². The quantitative estimate of drug-likeness (QED) is 0.586. The lowest BCUT2D eigenvalue weighted by Gasteiger charge is -2.24. The molecule has 1 aliphatic heterocycles. The van der Waals surface area contributed by atoms with Gasteiger partial charge in [-0.25, -0.2) is 0 Å². The van der Waals surface area contributed by atoms with Crippen LogP contribution in [0.5, 0.6) is 0 Å². The number of aliphatic carboxylic acids is 1. The molecular formula is C7H10O4. The summed E-state index contributed by atoms with van der Waals surface area (Å²) in [6.45, 7) is 1.73. The van der Waals surface area contributed by atoms with Crippen LogP contribution in [0.15, 0.2) is 0 Å². The van der Waals surface area contributed by atoms with Crippen molar-refractivity contribution in [3.63, 3.8) is 0 Å². The van der Waals surface area contributed by atoms with E-state index < -0.39 is 11.9 Å². The van der Waals surface area contributed by atoms with Crippen LogP contribution in [0.25, 0.3) is 0 Å². The van der Waals surface area contributed by atoms with Crippen molar-refractivity contribution in [2.24, 2.45) is 5.92 Å². The minimum Gasteiger partial charge on any atom is -0.481 e. The zero-order chi connectivity index (χ0) is 8.43. The number of carboxylic acid groups (broad SMARTS) is 1. The maximum absolute atomic E-state index is 10.7. The fourth-order valence-electron chi connectivity index (χ4n) is 1.10. The normalized spacial score (nSPS) is 31.9. The van der Waals surface area contributed by atoms with Crippen LogP contribution in [0.3, 0.4) is 0 Å². The number of carbonyl (C=O) groups excluding carboxylic acids is 1. The number of carbonyl (C=O) groups is 2. The van der Waals surface area contributed by atoms with Crippen molar-refractivity contribution in [3.05, 3.63) is 0 Å². The van der Waals surface area contributed by atoms with E-state index in [-0.39, 0.29) is 24.9 Å². The average Bonchev–Trinajstić information content (AvgIpc) is 1.94. The molecule has 0 spiro atoms. The highest BCUT2D eigenvalue weighted by Gasteiger charge is 2.32. The van der Waals surface area contributed by atoms with Gasteiger partial charge in [-0.1, -0.05) is 0 Å². The molecule has 1 N–H and O–H groups in total. The summed E-state index contributed by atoms with van der Waals surface area (Å²) in [7, 11) is 0. The van der Waals surface area contributed by atoms with Crippen molar-refractivity contribution in [2.75, 3.05) is 6.61 Å². The predicted molar refractivity (Wildman–Crippen MR) is 36.2 cm³/mol. The van der Waals surface area contributed by atoms with Gasteiger partial charge >= 0.3 is 5.97 Å². The molecule has 1 heterocycles. The molecule has 0 radical (unpaired) electrons. The summed E-state index contributed by atoms with van der Waals surface area (Å²) in [5, 5.41) is 8.59. The Hall–Kier alpha value is -0.900. The van der Waals surface area contributed by atoms with Crippen LogP contribution in [0, 0.1) is 5.92 Å². The molecule has 0 aromatic rings. The lowest BCUT2D eigenvalue weighted by atomic mass is 9.95. The van der Waals surface area contributed by atoms with Crippen LogP contribution in [-0.2, 0) is 14.3 Å². The fourth-order valence-corrected chi connectivity index (χ4v) is 1.10. The Labute approximate surface area is 64.2 Å². The molecule has 0 unspecified atom stereocenters. The number of ketones is 1. The van der Waals surface area contributed by atoms with E-state index >= 15 is 0 Å². The Balaban J connectivity index is 2.61. The molecule has 0 aromatic carbocycles. The first-order chi connectivity index (χ1) is 5.11. The lowest BCUT2D eigenvalue weighted by molar-refractivity contribution is -0.156. The molecule has 11 heavy (non-hydrogen) atoms. The zero-order valence-corrected chi connectivity index (χ0v) is 6.24. The maximum atomic E-state index is 10.7. The molecule has 0 amide bonds. The molecule has 4 heteroatoms. The van der Waals surface area contributed by atoms with Gasteiger partial charge < -0.3 is 9.84 Å². The smallest absolute Gasteiger partial charge is 0.309 e. The first-order valence-electron chi connectivity index (χ1n) is 3.47. The minimum atomic E-state index is -0.953. The standard InChI is InChI=1S/C7H10O4/c1-4-6(7(9)10)2-5(8)3-11-4/h4,6H,2-3H2,1H3,(H,9,10)/t4-,6+/m1/s1. The number of Topliss-reactive ketones (excluding diaryl/α,β-unsaturated/α-hetero) is 1. The third kappa shape index (κ3) is 1.77. The molecule has 1 saturated heterocycles. The maximum Gasteiger partial charge on any atom is 0.309 e. The number of hydrogen-bond acceptors (Lipinski definition) is 3. The van der Waals surface area contributed by atoms with E-state index in [1.807, 2.05) is 0 Å². The highest BCUT2D eigenvalue weighted by Crippen LogP contribution is 2.18. The monoisotopic (exact) mass is 158 g/mol. The average molecular weight is 158 g/mol. The molecule has 1 rings (SSSR count). The van der Waals surface area contributed by atoms with Crippen molar-refractivity contribution in [2.45, 2.75) is 19.4 Å².